The van der Waals surface area contributed by atoms with Gasteiger partial charge in [-0.05, 0) is 37.6 Å². The summed E-state index contributed by atoms with van der Waals surface area (Å²) in [4.78, 5) is 26.4. The molecule has 2 rings (SSSR count). The Labute approximate surface area is 173 Å². The van der Waals surface area contributed by atoms with Gasteiger partial charge in [0, 0.05) is 32.1 Å². The molecule has 2 atom stereocenters. The van der Waals surface area contributed by atoms with Gasteiger partial charge in [0.1, 0.15) is 0 Å². The van der Waals surface area contributed by atoms with Crippen molar-refractivity contribution >= 4 is 24.2 Å². The maximum atomic E-state index is 12.3. The quantitative estimate of drug-likeness (QED) is 0.609. The third-order valence-electron chi connectivity index (χ3n) is 4.84. The fourth-order valence-electron chi connectivity index (χ4n) is 3.28. The van der Waals surface area contributed by atoms with Crippen molar-refractivity contribution in [1.29, 1.82) is 0 Å². The van der Waals surface area contributed by atoms with Crippen LogP contribution in [0.1, 0.15) is 25.8 Å². The Hall–Kier alpha value is -1.99. The van der Waals surface area contributed by atoms with Crippen LogP contribution in [0.4, 0.5) is 0 Å². The summed E-state index contributed by atoms with van der Waals surface area (Å²) >= 11 is 0. The largest absolute Gasteiger partial charge is 0.493 e. The molecule has 1 saturated heterocycles. The number of ether oxygens (including phenoxy) is 2. The molecule has 158 valence electrons. The standard InChI is InChI=1S/C20H31N3O4.ClH/c1-5-21-14(2)12-22-20(25)16-11-19(24)23(13-16)9-8-15-6-7-17(26-3)18(10-15)27-4;/h6-7,10,14,16,21H,5,8-9,11-13H2,1-4H3,(H,22,25);1H/t14-,16?;/m1./s1. The van der Waals surface area contributed by atoms with Gasteiger partial charge in [0.05, 0.1) is 20.1 Å². The number of hydrogen-bond donors (Lipinski definition) is 2. The zero-order valence-corrected chi connectivity index (χ0v) is 17.9. The first-order valence-electron chi connectivity index (χ1n) is 9.48. The average molecular weight is 414 g/mol. The highest BCUT2D eigenvalue weighted by molar-refractivity contribution is 5.89. The highest BCUT2D eigenvalue weighted by atomic mass is 35.5. The van der Waals surface area contributed by atoms with E-state index in [1.165, 1.54) is 0 Å². The molecule has 0 spiro atoms. The number of amides is 2. The molecule has 1 fully saturated rings. The molecular weight excluding hydrogens is 382 g/mol. The number of carbonyl (C=O) groups excluding carboxylic acids is 2. The van der Waals surface area contributed by atoms with Crippen LogP contribution in [0.5, 0.6) is 11.5 Å². The van der Waals surface area contributed by atoms with Gasteiger partial charge in [-0.2, -0.15) is 0 Å². The van der Waals surface area contributed by atoms with E-state index in [0.717, 1.165) is 12.1 Å². The number of methoxy groups -OCH3 is 2. The Bertz CT molecular complexity index is 656. The zero-order chi connectivity index (χ0) is 19.8. The lowest BCUT2D eigenvalue weighted by atomic mass is 10.1. The molecule has 0 aromatic heterocycles. The summed E-state index contributed by atoms with van der Waals surface area (Å²) in [5.74, 6) is 1.09. The van der Waals surface area contributed by atoms with E-state index < -0.39 is 0 Å². The van der Waals surface area contributed by atoms with Gasteiger partial charge in [-0.3, -0.25) is 9.59 Å². The van der Waals surface area contributed by atoms with E-state index in [9.17, 15) is 9.59 Å². The Morgan fingerprint density at radius 1 is 1.29 bits per heavy atom. The molecule has 7 nitrogen and oxygen atoms in total. The van der Waals surface area contributed by atoms with Crippen molar-refractivity contribution < 1.29 is 19.1 Å². The van der Waals surface area contributed by atoms with Crippen LogP contribution < -0.4 is 20.1 Å². The first-order valence-corrected chi connectivity index (χ1v) is 9.48. The molecule has 1 heterocycles. The summed E-state index contributed by atoms with van der Waals surface area (Å²) in [5.41, 5.74) is 1.06. The van der Waals surface area contributed by atoms with E-state index in [4.69, 9.17) is 9.47 Å². The number of hydrogen-bond acceptors (Lipinski definition) is 5. The van der Waals surface area contributed by atoms with Crippen LogP contribution in [0.25, 0.3) is 0 Å². The van der Waals surface area contributed by atoms with E-state index in [0.29, 0.717) is 37.6 Å². The first-order chi connectivity index (χ1) is 13.0. The fraction of sp³-hybridized carbons (Fsp3) is 0.600. The lowest BCUT2D eigenvalue weighted by molar-refractivity contribution is -0.129. The normalized spacial score (nSPS) is 17.1. The monoisotopic (exact) mass is 413 g/mol. The fourth-order valence-corrected chi connectivity index (χ4v) is 3.28. The van der Waals surface area contributed by atoms with Gasteiger partial charge in [-0.1, -0.05) is 13.0 Å². The summed E-state index contributed by atoms with van der Waals surface area (Å²) in [5, 5.41) is 6.19. The van der Waals surface area contributed by atoms with Crippen LogP contribution in [0.2, 0.25) is 0 Å². The minimum absolute atomic E-state index is 0. The van der Waals surface area contributed by atoms with E-state index >= 15 is 0 Å². The number of nitrogens with zero attached hydrogens (tertiary/aromatic N) is 1. The van der Waals surface area contributed by atoms with Gasteiger partial charge in [-0.15, -0.1) is 12.4 Å². The highest BCUT2D eigenvalue weighted by Crippen LogP contribution is 2.28. The molecule has 1 aromatic carbocycles. The van der Waals surface area contributed by atoms with Crippen molar-refractivity contribution in [3.05, 3.63) is 23.8 Å². The Morgan fingerprint density at radius 2 is 2.00 bits per heavy atom. The summed E-state index contributed by atoms with van der Waals surface area (Å²) < 4.78 is 10.6. The third kappa shape index (κ3) is 6.56. The minimum Gasteiger partial charge on any atom is -0.493 e. The maximum Gasteiger partial charge on any atom is 0.225 e. The van der Waals surface area contributed by atoms with Gasteiger partial charge in [0.15, 0.2) is 11.5 Å². The number of carbonyl (C=O) groups is 2. The molecule has 1 aromatic rings. The average Bonchev–Trinajstić information content (AvgIpc) is 3.05. The molecule has 0 bridgehead atoms. The summed E-state index contributed by atoms with van der Waals surface area (Å²) in [6.45, 7) is 6.56. The lowest BCUT2D eigenvalue weighted by Gasteiger charge is -2.18. The van der Waals surface area contributed by atoms with Gasteiger partial charge in [0.25, 0.3) is 0 Å². The number of likely N-dealkylation sites (N-methyl/N-ethyl adjacent to an activating group) is 1. The Morgan fingerprint density at radius 3 is 2.64 bits per heavy atom. The molecule has 0 saturated carbocycles. The lowest BCUT2D eigenvalue weighted by Crippen LogP contribution is -2.41. The number of halogens is 1. The van der Waals surface area contributed by atoms with E-state index in [1.807, 2.05) is 32.0 Å². The molecule has 28 heavy (non-hydrogen) atoms. The van der Waals surface area contributed by atoms with Crippen LogP contribution >= 0.6 is 12.4 Å². The van der Waals surface area contributed by atoms with Crippen LogP contribution in [0, 0.1) is 5.92 Å². The number of likely N-dealkylation sites (tertiary alicyclic amines) is 1. The predicted octanol–water partition coefficient (Wildman–Crippen LogP) is 1.63. The van der Waals surface area contributed by atoms with Crippen molar-refractivity contribution in [2.75, 3.05) is 40.4 Å². The second-order valence-corrected chi connectivity index (χ2v) is 6.88. The van der Waals surface area contributed by atoms with Crippen molar-refractivity contribution in [2.45, 2.75) is 32.7 Å². The van der Waals surface area contributed by atoms with Gasteiger partial charge < -0.3 is 25.0 Å². The molecule has 0 radical (unpaired) electrons. The summed E-state index contributed by atoms with van der Waals surface area (Å²) in [7, 11) is 3.20. The molecule has 8 heteroatoms. The SMILES string of the molecule is CCN[C@H](C)CNC(=O)C1CC(=O)N(CCc2ccc(OC)c(OC)c2)C1.Cl. The topological polar surface area (TPSA) is 79.9 Å². The third-order valence-corrected chi connectivity index (χ3v) is 4.84. The number of nitrogens with one attached hydrogen (secondary N) is 2. The number of rotatable bonds is 10. The van der Waals surface area contributed by atoms with Crippen molar-refractivity contribution in [3.8, 4) is 11.5 Å². The van der Waals surface area contributed by atoms with E-state index in [2.05, 4.69) is 10.6 Å². The maximum absolute atomic E-state index is 12.3. The van der Waals surface area contributed by atoms with Gasteiger partial charge >= 0.3 is 0 Å². The molecule has 1 aliphatic heterocycles. The van der Waals surface area contributed by atoms with E-state index in [-0.39, 0.29) is 42.6 Å². The molecule has 0 aliphatic carbocycles. The van der Waals surface area contributed by atoms with E-state index in [1.54, 1.807) is 19.1 Å². The second kappa shape index (κ2) is 11.8. The van der Waals surface area contributed by atoms with Crippen molar-refractivity contribution in [2.24, 2.45) is 5.92 Å². The van der Waals surface area contributed by atoms with Gasteiger partial charge in [-0.25, -0.2) is 0 Å². The smallest absolute Gasteiger partial charge is 0.225 e. The molecule has 1 unspecified atom stereocenters. The van der Waals surface area contributed by atoms with Crippen LogP contribution in [0.15, 0.2) is 18.2 Å². The predicted molar refractivity (Wildman–Crippen MR) is 111 cm³/mol. The summed E-state index contributed by atoms with van der Waals surface area (Å²) in [6, 6.07) is 5.97. The van der Waals surface area contributed by atoms with Crippen molar-refractivity contribution in [1.82, 2.24) is 15.5 Å². The van der Waals surface area contributed by atoms with Crippen LogP contribution in [0.3, 0.4) is 0 Å². The molecule has 2 amide bonds. The Balaban J connectivity index is 0.00000392. The Kier molecular flexibility index (Phi) is 10.1. The first kappa shape index (κ1) is 24.0. The molecule has 2 N–H and O–H groups in total. The molecule has 1 aliphatic rings. The minimum atomic E-state index is -0.267. The van der Waals surface area contributed by atoms with Crippen LogP contribution in [-0.2, 0) is 16.0 Å². The zero-order valence-electron chi connectivity index (χ0n) is 17.1. The van der Waals surface area contributed by atoms with Crippen LogP contribution in [-0.4, -0.2) is 63.2 Å². The molecular formula is C20H32ClN3O4. The summed E-state index contributed by atoms with van der Waals surface area (Å²) in [6.07, 6.45) is 0.991. The number of benzene rings is 1. The van der Waals surface area contributed by atoms with Crippen molar-refractivity contribution in [3.63, 3.8) is 0 Å². The highest BCUT2D eigenvalue weighted by Gasteiger charge is 2.33. The van der Waals surface area contributed by atoms with Gasteiger partial charge in [0.2, 0.25) is 11.8 Å². The second-order valence-electron chi connectivity index (χ2n) is 6.88.